The van der Waals surface area contributed by atoms with Crippen LogP contribution >= 0.6 is 0 Å². The van der Waals surface area contributed by atoms with Gasteiger partial charge in [-0.15, -0.1) is 0 Å². The molecule has 6 heteroatoms. The molecular weight excluding hydrogens is 360 g/mol. The molecule has 0 heterocycles. The third kappa shape index (κ3) is 3.85. The van der Waals surface area contributed by atoms with Gasteiger partial charge in [0.1, 0.15) is 0 Å². The van der Waals surface area contributed by atoms with E-state index in [1.807, 2.05) is 36.4 Å². The van der Waals surface area contributed by atoms with Crippen molar-refractivity contribution in [2.75, 3.05) is 23.3 Å². The number of amides is 1. The van der Waals surface area contributed by atoms with Crippen molar-refractivity contribution in [1.82, 2.24) is 0 Å². The van der Waals surface area contributed by atoms with Crippen molar-refractivity contribution in [3.05, 3.63) is 90.5 Å². The number of carbonyl (C=O) groups excluding carboxylic acids is 1. The number of benzene rings is 3. The molecule has 3 rings (SSSR count). The highest BCUT2D eigenvalue weighted by molar-refractivity contribution is 7.92. The predicted octanol–water partition coefficient (Wildman–Crippen LogP) is 3.79. The summed E-state index contributed by atoms with van der Waals surface area (Å²) in [7, 11) is -0.619. The predicted molar refractivity (Wildman–Crippen MR) is 108 cm³/mol. The minimum atomic E-state index is -3.78. The largest absolute Gasteiger partial charge is 0.311 e. The van der Waals surface area contributed by atoms with E-state index >= 15 is 0 Å². The van der Waals surface area contributed by atoms with Crippen LogP contribution < -0.4 is 9.21 Å². The average Bonchev–Trinajstić information content (AvgIpc) is 2.73. The van der Waals surface area contributed by atoms with Gasteiger partial charge in [-0.1, -0.05) is 42.5 Å². The van der Waals surface area contributed by atoms with Crippen molar-refractivity contribution in [3.8, 4) is 0 Å². The summed E-state index contributed by atoms with van der Waals surface area (Å²) in [5.41, 5.74) is 1.59. The zero-order valence-corrected chi connectivity index (χ0v) is 15.9. The first-order chi connectivity index (χ1) is 12.9. The van der Waals surface area contributed by atoms with Crippen molar-refractivity contribution in [2.24, 2.45) is 0 Å². The minimum Gasteiger partial charge on any atom is -0.311 e. The summed E-state index contributed by atoms with van der Waals surface area (Å²) < 4.78 is 27.1. The van der Waals surface area contributed by atoms with E-state index in [9.17, 15) is 13.2 Å². The van der Waals surface area contributed by atoms with Crippen LogP contribution in [0.15, 0.2) is 89.8 Å². The van der Waals surface area contributed by atoms with Crippen LogP contribution in [0.4, 0.5) is 11.4 Å². The van der Waals surface area contributed by atoms with Crippen LogP contribution in [0.3, 0.4) is 0 Å². The first-order valence-corrected chi connectivity index (χ1v) is 9.82. The normalized spacial score (nSPS) is 11.0. The minimum absolute atomic E-state index is 0.0705. The van der Waals surface area contributed by atoms with Crippen LogP contribution in [-0.4, -0.2) is 28.4 Å². The second kappa shape index (κ2) is 7.63. The lowest BCUT2D eigenvalue weighted by Crippen LogP contribution is -2.28. The summed E-state index contributed by atoms with van der Waals surface area (Å²) in [6.07, 6.45) is 0. The van der Waals surface area contributed by atoms with Gasteiger partial charge in [0.2, 0.25) is 0 Å². The van der Waals surface area contributed by atoms with E-state index in [1.165, 1.54) is 28.4 Å². The van der Waals surface area contributed by atoms with Gasteiger partial charge in [-0.3, -0.25) is 9.10 Å². The Morgan fingerprint density at radius 3 is 1.89 bits per heavy atom. The summed E-state index contributed by atoms with van der Waals surface area (Å²) in [6.45, 7) is 0. The standard InChI is InChI=1S/C21H20N2O3S/c1-22(18-11-5-3-6-12-18)21(24)17-10-9-15-20(16-17)27(25,26)23(2)19-13-7-4-8-14-19/h3-16H,1-2H3. The Morgan fingerprint density at radius 1 is 0.741 bits per heavy atom. The molecule has 0 spiro atoms. The molecule has 0 aliphatic heterocycles. The van der Waals surface area contributed by atoms with Crippen LogP contribution in [0.5, 0.6) is 0 Å². The monoisotopic (exact) mass is 380 g/mol. The van der Waals surface area contributed by atoms with E-state index in [2.05, 4.69) is 0 Å². The van der Waals surface area contributed by atoms with E-state index in [0.29, 0.717) is 11.3 Å². The fraction of sp³-hybridized carbons (Fsp3) is 0.0952. The van der Waals surface area contributed by atoms with Crippen LogP contribution in [-0.2, 0) is 10.0 Å². The molecule has 0 N–H and O–H groups in total. The Bertz CT molecular complexity index is 1040. The number of hydrogen-bond donors (Lipinski definition) is 0. The number of rotatable bonds is 5. The Labute approximate surface area is 159 Å². The molecule has 1 amide bonds. The number of carbonyl (C=O) groups is 1. The van der Waals surface area contributed by atoms with Gasteiger partial charge in [0.15, 0.2) is 0 Å². The molecule has 0 saturated heterocycles. The molecule has 0 radical (unpaired) electrons. The average molecular weight is 380 g/mol. The third-order valence-electron chi connectivity index (χ3n) is 4.31. The fourth-order valence-electron chi connectivity index (χ4n) is 2.69. The molecule has 0 saturated carbocycles. The number of anilines is 2. The number of nitrogens with zero attached hydrogens (tertiary/aromatic N) is 2. The van der Waals surface area contributed by atoms with Gasteiger partial charge in [-0.05, 0) is 42.5 Å². The Hall–Kier alpha value is -3.12. The van der Waals surface area contributed by atoms with Gasteiger partial charge in [0.05, 0.1) is 10.6 Å². The molecule has 0 bridgehead atoms. The lowest BCUT2D eigenvalue weighted by atomic mass is 10.2. The van der Waals surface area contributed by atoms with Gasteiger partial charge >= 0.3 is 0 Å². The van der Waals surface area contributed by atoms with E-state index in [-0.39, 0.29) is 10.8 Å². The Balaban J connectivity index is 1.92. The number of para-hydroxylation sites is 2. The second-order valence-corrected chi connectivity index (χ2v) is 8.00. The maximum atomic E-state index is 12.9. The first-order valence-electron chi connectivity index (χ1n) is 8.38. The highest BCUT2D eigenvalue weighted by atomic mass is 32.2. The second-order valence-electron chi connectivity index (χ2n) is 6.04. The van der Waals surface area contributed by atoms with Crippen molar-refractivity contribution in [1.29, 1.82) is 0 Å². The maximum absolute atomic E-state index is 12.9. The van der Waals surface area contributed by atoms with Crippen molar-refractivity contribution >= 4 is 27.3 Å². The SMILES string of the molecule is CN(C(=O)c1cccc(S(=O)(=O)N(C)c2ccccc2)c1)c1ccccc1. The van der Waals surface area contributed by atoms with Gasteiger partial charge in [0.25, 0.3) is 15.9 Å². The summed E-state index contributed by atoms with van der Waals surface area (Å²) in [5.74, 6) is -0.277. The number of sulfonamides is 1. The van der Waals surface area contributed by atoms with Crippen LogP contribution in [0.1, 0.15) is 10.4 Å². The van der Waals surface area contributed by atoms with E-state index in [0.717, 1.165) is 5.69 Å². The van der Waals surface area contributed by atoms with E-state index in [1.54, 1.807) is 43.4 Å². The molecule has 5 nitrogen and oxygen atoms in total. The quantitative estimate of drug-likeness (QED) is 0.677. The smallest absolute Gasteiger partial charge is 0.264 e. The lowest BCUT2D eigenvalue weighted by Gasteiger charge is -2.21. The van der Waals surface area contributed by atoms with Crippen LogP contribution in [0, 0.1) is 0 Å². The molecule has 27 heavy (non-hydrogen) atoms. The molecule has 0 aromatic heterocycles. The van der Waals surface area contributed by atoms with Gasteiger partial charge in [0, 0.05) is 25.3 Å². The van der Waals surface area contributed by atoms with Gasteiger partial charge < -0.3 is 4.90 Å². The number of hydrogen-bond acceptors (Lipinski definition) is 3. The summed E-state index contributed by atoms with van der Waals surface area (Å²) >= 11 is 0. The Morgan fingerprint density at radius 2 is 1.30 bits per heavy atom. The fourth-order valence-corrected chi connectivity index (χ4v) is 3.93. The van der Waals surface area contributed by atoms with Crippen molar-refractivity contribution in [2.45, 2.75) is 4.90 Å². The Kier molecular flexibility index (Phi) is 5.28. The molecule has 0 fully saturated rings. The third-order valence-corrected chi connectivity index (χ3v) is 6.09. The van der Waals surface area contributed by atoms with Gasteiger partial charge in [-0.25, -0.2) is 8.42 Å². The van der Waals surface area contributed by atoms with E-state index < -0.39 is 10.0 Å². The van der Waals surface area contributed by atoms with Crippen LogP contribution in [0.2, 0.25) is 0 Å². The van der Waals surface area contributed by atoms with E-state index in [4.69, 9.17) is 0 Å². The highest BCUT2D eigenvalue weighted by Gasteiger charge is 2.23. The highest BCUT2D eigenvalue weighted by Crippen LogP contribution is 2.23. The summed E-state index contributed by atoms with van der Waals surface area (Å²) in [6, 6.07) is 24.1. The molecule has 138 valence electrons. The van der Waals surface area contributed by atoms with Crippen molar-refractivity contribution in [3.63, 3.8) is 0 Å². The topological polar surface area (TPSA) is 57.7 Å². The maximum Gasteiger partial charge on any atom is 0.264 e. The lowest BCUT2D eigenvalue weighted by molar-refractivity contribution is 0.0993. The molecule has 0 aliphatic rings. The summed E-state index contributed by atoms with van der Waals surface area (Å²) in [5, 5.41) is 0. The zero-order valence-electron chi connectivity index (χ0n) is 15.1. The molecule has 0 atom stereocenters. The molecule has 0 unspecified atom stereocenters. The molecular formula is C21H20N2O3S. The molecule has 3 aromatic carbocycles. The first kappa shape index (κ1) is 18.7. The van der Waals surface area contributed by atoms with Crippen LogP contribution in [0.25, 0.3) is 0 Å². The molecule has 3 aromatic rings. The van der Waals surface area contributed by atoms with Crippen molar-refractivity contribution < 1.29 is 13.2 Å². The molecule has 0 aliphatic carbocycles. The zero-order chi connectivity index (χ0) is 19.4. The summed E-state index contributed by atoms with van der Waals surface area (Å²) in [4.78, 5) is 14.3. The van der Waals surface area contributed by atoms with Gasteiger partial charge in [-0.2, -0.15) is 0 Å².